The molecule has 0 radical (unpaired) electrons. The standard InChI is InChI=1S/C20H20N2OS2/c1-14-18(25-19(21-14)16-9-11-24-13-16)20(23)22-10-5-8-17(22)12-15-6-3-2-4-7-15/h2-4,6-7,9,11,13,17H,5,8,10,12H2,1H3/t17-/m0/s1. The van der Waals surface area contributed by atoms with Crippen LogP contribution >= 0.6 is 22.7 Å². The van der Waals surface area contributed by atoms with Crippen LogP contribution in [0.2, 0.25) is 0 Å². The van der Waals surface area contributed by atoms with E-state index in [2.05, 4.69) is 45.6 Å². The summed E-state index contributed by atoms with van der Waals surface area (Å²) in [6.07, 6.45) is 3.09. The van der Waals surface area contributed by atoms with Gasteiger partial charge in [0.1, 0.15) is 9.88 Å². The molecular weight excluding hydrogens is 348 g/mol. The minimum absolute atomic E-state index is 0.148. The van der Waals surface area contributed by atoms with E-state index in [9.17, 15) is 4.79 Å². The first-order chi connectivity index (χ1) is 12.2. The van der Waals surface area contributed by atoms with Crippen molar-refractivity contribution in [2.24, 2.45) is 0 Å². The first-order valence-corrected chi connectivity index (χ1v) is 10.3. The topological polar surface area (TPSA) is 33.2 Å². The fourth-order valence-corrected chi connectivity index (χ4v) is 5.17. The Balaban J connectivity index is 1.55. The molecule has 5 heteroatoms. The van der Waals surface area contributed by atoms with Gasteiger partial charge in [-0.15, -0.1) is 11.3 Å². The van der Waals surface area contributed by atoms with E-state index in [4.69, 9.17) is 0 Å². The van der Waals surface area contributed by atoms with Crippen molar-refractivity contribution in [2.75, 3.05) is 6.54 Å². The summed E-state index contributed by atoms with van der Waals surface area (Å²) in [5, 5.41) is 5.07. The maximum Gasteiger partial charge on any atom is 0.266 e. The second-order valence-electron chi connectivity index (χ2n) is 6.43. The number of aryl methyl sites for hydroxylation is 1. The average Bonchev–Trinajstić information content (AvgIpc) is 3.35. The molecule has 1 aliphatic rings. The van der Waals surface area contributed by atoms with Gasteiger partial charge in [-0.2, -0.15) is 11.3 Å². The van der Waals surface area contributed by atoms with Crippen LogP contribution in [-0.4, -0.2) is 28.4 Å². The molecule has 0 spiro atoms. The SMILES string of the molecule is Cc1nc(-c2ccsc2)sc1C(=O)N1CCC[C@H]1Cc1ccccc1. The average molecular weight is 369 g/mol. The highest BCUT2D eigenvalue weighted by molar-refractivity contribution is 7.17. The summed E-state index contributed by atoms with van der Waals surface area (Å²) >= 11 is 3.18. The number of carbonyl (C=O) groups is 1. The zero-order valence-corrected chi connectivity index (χ0v) is 15.8. The van der Waals surface area contributed by atoms with Crippen molar-refractivity contribution in [2.45, 2.75) is 32.2 Å². The fourth-order valence-electron chi connectivity index (χ4n) is 3.44. The van der Waals surface area contributed by atoms with E-state index in [-0.39, 0.29) is 5.91 Å². The lowest BCUT2D eigenvalue weighted by molar-refractivity contribution is 0.0740. The molecule has 0 N–H and O–H groups in total. The predicted molar refractivity (Wildman–Crippen MR) is 104 cm³/mol. The molecule has 1 atom stereocenters. The molecule has 1 saturated heterocycles. The van der Waals surface area contributed by atoms with Crippen LogP contribution in [0.3, 0.4) is 0 Å². The number of hydrogen-bond donors (Lipinski definition) is 0. The zero-order valence-electron chi connectivity index (χ0n) is 14.1. The van der Waals surface area contributed by atoms with Crippen LogP contribution in [0.25, 0.3) is 10.6 Å². The van der Waals surface area contributed by atoms with E-state index in [0.717, 1.165) is 46.9 Å². The first-order valence-electron chi connectivity index (χ1n) is 8.57. The summed E-state index contributed by atoms with van der Waals surface area (Å²) in [5.41, 5.74) is 3.26. The number of benzene rings is 1. The molecule has 3 nitrogen and oxygen atoms in total. The van der Waals surface area contributed by atoms with Crippen LogP contribution < -0.4 is 0 Å². The van der Waals surface area contributed by atoms with Crippen molar-refractivity contribution in [1.29, 1.82) is 0 Å². The second kappa shape index (κ2) is 7.10. The lowest BCUT2D eigenvalue weighted by Crippen LogP contribution is -2.36. The molecule has 2 aromatic heterocycles. The number of likely N-dealkylation sites (tertiary alicyclic amines) is 1. The maximum absolute atomic E-state index is 13.2. The van der Waals surface area contributed by atoms with Gasteiger partial charge in [-0.1, -0.05) is 30.3 Å². The van der Waals surface area contributed by atoms with Crippen molar-refractivity contribution < 1.29 is 4.79 Å². The molecule has 1 fully saturated rings. The minimum atomic E-state index is 0.148. The van der Waals surface area contributed by atoms with Crippen LogP contribution in [0.1, 0.15) is 33.8 Å². The Hall–Kier alpha value is -1.98. The third kappa shape index (κ3) is 3.39. The summed E-state index contributed by atoms with van der Waals surface area (Å²) < 4.78 is 0. The van der Waals surface area contributed by atoms with E-state index >= 15 is 0 Å². The van der Waals surface area contributed by atoms with Gasteiger partial charge in [-0.25, -0.2) is 4.98 Å². The zero-order chi connectivity index (χ0) is 17.2. The molecule has 1 amide bonds. The van der Waals surface area contributed by atoms with Crippen molar-refractivity contribution in [1.82, 2.24) is 9.88 Å². The second-order valence-corrected chi connectivity index (χ2v) is 8.21. The largest absolute Gasteiger partial charge is 0.335 e. The summed E-state index contributed by atoms with van der Waals surface area (Å²) in [6.45, 7) is 2.79. The number of rotatable bonds is 4. The number of thiazole rings is 1. The van der Waals surface area contributed by atoms with Crippen molar-refractivity contribution in [3.8, 4) is 10.6 Å². The lowest BCUT2D eigenvalue weighted by atomic mass is 10.0. The fraction of sp³-hybridized carbons (Fsp3) is 0.300. The molecule has 3 aromatic rings. The van der Waals surface area contributed by atoms with Crippen LogP contribution in [0.4, 0.5) is 0 Å². The van der Waals surface area contributed by atoms with Gasteiger partial charge in [0, 0.05) is 23.5 Å². The van der Waals surface area contributed by atoms with Crippen LogP contribution in [0.15, 0.2) is 47.2 Å². The normalized spacial score (nSPS) is 17.2. The van der Waals surface area contributed by atoms with Crippen molar-refractivity contribution in [3.05, 3.63) is 63.3 Å². The summed E-state index contributed by atoms with van der Waals surface area (Å²) in [6, 6.07) is 12.8. The van der Waals surface area contributed by atoms with E-state index < -0.39 is 0 Å². The number of aromatic nitrogens is 1. The van der Waals surface area contributed by atoms with Gasteiger partial charge in [0.25, 0.3) is 5.91 Å². The van der Waals surface area contributed by atoms with Crippen LogP contribution in [-0.2, 0) is 6.42 Å². The highest BCUT2D eigenvalue weighted by Crippen LogP contribution is 2.32. The summed E-state index contributed by atoms with van der Waals surface area (Å²) in [4.78, 5) is 20.6. The van der Waals surface area contributed by atoms with Crippen molar-refractivity contribution in [3.63, 3.8) is 0 Å². The van der Waals surface area contributed by atoms with Gasteiger partial charge < -0.3 is 4.90 Å². The number of carbonyl (C=O) groups excluding carboxylic acids is 1. The van der Waals surface area contributed by atoms with E-state index in [1.165, 1.54) is 16.9 Å². The number of thiophene rings is 1. The molecule has 0 aliphatic carbocycles. The van der Waals surface area contributed by atoms with Crippen LogP contribution in [0.5, 0.6) is 0 Å². The molecular formula is C20H20N2OS2. The van der Waals surface area contributed by atoms with Crippen LogP contribution in [0, 0.1) is 6.92 Å². The molecule has 0 saturated carbocycles. The third-order valence-corrected chi connectivity index (χ3v) is 6.59. The number of amides is 1. The lowest BCUT2D eigenvalue weighted by Gasteiger charge is -2.24. The first kappa shape index (κ1) is 16.5. The van der Waals surface area contributed by atoms with Gasteiger partial charge in [0.05, 0.1) is 5.69 Å². The highest BCUT2D eigenvalue weighted by Gasteiger charge is 2.31. The molecule has 1 aliphatic heterocycles. The molecule has 1 aromatic carbocycles. The Kier molecular flexibility index (Phi) is 4.68. The molecule has 0 bridgehead atoms. The Morgan fingerprint density at radius 3 is 2.88 bits per heavy atom. The third-order valence-electron chi connectivity index (χ3n) is 4.71. The highest BCUT2D eigenvalue weighted by atomic mass is 32.1. The van der Waals surface area contributed by atoms with Gasteiger partial charge >= 0.3 is 0 Å². The molecule has 3 heterocycles. The molecule has 0 unspecified atom stereocenters. The van der Waals surface area contributed by atoms with Gasteiger partial charge in [0.2, 0.25) is 0 Å². The molecule has 128 valence electrons. The Morgan fingerprint density at radius 2 is 2.12 bits per heavy atom. The Morgan fingerprint density at radius 1 is 1.28 bits per heavy atom. The smallest absolute Gasteiger partial charge is 0.266 e. The number of nitrogens with zero attached hydrogens (tertiary/aromatic N) is 2. The van der Waals surface area contributed by atoms with E-state index in [1.54, 1.807) is 11.3 Å². The quantitative estimate of drug-likeness (QED) is 0.647. The molecule has 4 rings (SSSR count). The number of hydrogen-bond acceptors (Lipinski definition) is 4. The summed E-state index contributed by atoms with van der Waals surface area (Å²) in [5.74, 6) is 0.148. The van der Waals surface area contributed by atoms with E-state index in [1.807, 2.05) is 18.4 Å². The minimum Gasteiger partial charge on any atom is -0.335 e. The maximum atomic E-state index is 13.2. The van der Waals surface area contributed by atoms with E-state index in [0.29, 0.717) is 6.04 Å². The Bertz CT molecular complexity index is 855. The molecule has 25 heavy (non-hydrogen) atoms. The van der Waals surface area contributed by atoms with Crippen molar-refractivity contribution >= 4 is 28.6 Å². The Labute approximate surface area is 156 Å². The van der Waals surface area contributed by atoms with Gasteiger partial charge in [-0.05, 0) is 43.2 Å². The van der Waals surface area contributed by atoms with Gasteiger partial charge in [0.15, 0.2) is 0 Å². The summed E-state index contributed by atoms with van der Waals surface area (Å²) in [7, 11) is 0. The monoisotopic (exact) mass is 368 g/mol. The van der Waals surface area contributed by atoms with Gasteiger partial charge in [-0.3, -0.25) is 4.79 Å². The predicted octanol–water partition coefficient (Wildman–Crippen LogP) is 5.03.